The molecular formula is C18H16O5. The van der Waals surface area contributed by atoms with Crippen LogP contribution in [0.15, 0.2) is 42.5 Å². The molecule has 23 heavy (non-hydrogen) atoms. The molecule has 5 heteroatoms. The molecular weight excluding hydrogens is 296 g/mol. The first-order valence-electron chi connectivity index (χ1n) is 7.19. The number of cyclic esters (lactones) is 1. The second-order valence-electron chi connectivity index (χ2n) is 5.15. The summed E-state index contributed by atoms with van der Waals surface area (Å²) in [7, 11) is 2.97. The molecule has 0 bridgehead atoms. The van der Waals surface area contributed by atoms with Gasteiger partial charge in [-0.15, -0.1) is 0 Å². The Balaban J connectivity index is 1.92. The van der Waals surface area contributed by atoms with Crippen LogP contribution in [-0.4, -0.2) is 26.0 Å². The number of Topliss-reactive ketones (excluding diaryl/α,β-unsaturated/α-hetero) is 1. The summed E-state index contributed by atoms with van der Waals surface area (Å²) < 4.78 is 15.8. The van der Waals surface area contributed by atoms with E-state index in [1.54, 1.807) is 36.4 Å². The zero-order valence-electron chi connectivity index (χ0n) is 12.9. The normalized spacial score (nSPS) is 15.7. The van der Waals surface area contributed by atoms with E-state index in [1.807, 2.05) is 6.07 Å². The van der Waals surface area contributed by atoms with E-state index in [4.69, 9.17) is 14.2 Å². The number of fused-ring (bicyclic) bond motifs is 1. The third-order valence-electron chi connectivity index (χ3n) is 3.84. The first-order valence-corrected chi connectivity index (χ1v) is 7.19. The van der Waals surface area contributed by atoms with Crippen molar-refractivity contribution in [3.63, 3.8) is 0 Å². The van der Waals surface area contributed by atoms with Gasteiger partial charge in [0.25, 0.3) is 0 Å². The van der Waals surface area contributed by atoms with Crippen LogP contribution in [-0.2, 0) is 4.74 Å². The van der Waals surface area contributed by atoms with E-state index in [-0.39, 0.29) is 12.2 Å². The smallest absolute Gasteiger partial charge is 0.343 e. The Kier molecular flexibility index (Phi) is 4.02. The summed E-state index contributed by atoms with van der Waals surface area (Å²) in [6, 6.07) is 12.4. The molecule has 5 nitrogen and oxygen atoms in total. The minimum Gasteiger partial charge on any atom is -0.493 e. The number of hydrogen-bond acceptors (Lipinski definition) is 5. The van der Waals surface area contributed by atoms with Crippen molar-refractivity contribution < 1.29 is 23.8 Å². The molecule has 1 unspecified atom stereocenters. The lowest BCUT2D eigenvalue weighted by molar-refractivity contribution is 0.0365. The van der Waals surface area contributed by atoms with E-state index in [2.05, 4.69) is 0 Å². The van der Waals surface area contributed by atoms with Crippen LogP contribution < -0.4 is 9.47 Å². The number of carbonyl (C=O) groups is 2. The number of rotatable bonds is 5. The highest BCUT2D eigenvalue weighted by atomic mass is 16.6. The van der Waals surface area contributed by atoms with Crippen molar-refractivity contribution in [2.24, 2.45) is 0 Å². The molecule has 1 aliphatic rings. The van der Waals surface area contributed by atoms with Crippen LogP contribution in [0, 0.1) is 0 Å². The Bertz CT molecular complexity index is 752. The van der Waals surface area contributed by atoms with E-state index < -0.39 is 12.1 Å². The molecule has 0 N–H and O–H groups in total. The molecule has 0 radical (unpaired) electrons. The molecule has 2 aromatic rings. The average Bonchev–Trinajstić information content (AvgIpc) is 2.90. The fraction of sp³-hybridized carbons (Fsp3) is 0.222. The summed E-state index contributed by atoms with van der Waals surface area (Å²) >= 11 is 0. The van der Waals surface area contributed by atoms with Gasteiger partial charge in [0.05, 0.1) is 20.6 Å². The number of hydrogen-bond donors (Lipinski definition) is 0. The van der Waals surface area contributed by atoms with E-state index in [0.29, 0.717) is 28.2 Å². The lowest BCUT2D eigenvalue weighted by atomic mass is 9.97. The van der Waals surface area contributed by atoms with Crippen molar-refractivity contribution in [3.05, 3.63) is 59.2 Å². The lowest BCUT2D eigenvalue weighted by Gasteiger charge is -2.12. The molecule has 0 saturated heterocycles. The van der Waals surface area contributed by atoms with E-state index in [0.717, 1.165) is 0 Å². The molecule has 0 spiro atoms. The second kappa shape index (κ2) is 6.12. The summed E-state index contributed by atoms with van der Waals surface area (Å²) in [5.74, 6) is 0.218. The summed E-state index contributed by atoms with van der Waals surface area (Å²) in [5, 5.41) is 0. The first kappa shape index (κ1) is 15.1. The van der Waals surface area contributed by atoms with Gasteiger partial charge in [0.15, 0.2) is 17.3 Å². The number of esters is 1. The molecule has 1 aliphatic heterocycles. The van der Waals surface area contributed by atoms with Gasteiger partial charge < -0.3 is 14.2 Å². The molecule has 3 rings (SSSR count). The van der Waals surface area contributed by atoms with Gasteiger partial charge in [0.1, 0.15) is 11.7 Å². The standard InChI is InChI=1S/C18H16O5/c1-21-14-9-8-12-15(23-18(20)16(12)17(14)22-2)10-13(19)11-6-4-3-5-7-11/h3-9,15H,10H2,1-2H3. The van der Waals surface area contributed by atoms with Crippen molar-refractivity contribution in [1.82, 2.24) is 0 Å². The Morgan fingerprint density at radius 3 is 2.48 bits per heavy atom. The first-order chi connectivity index (χ1) is 11.2. The second-order valence-corrected chi connectivity index (χ2v) is 5.15. The molecule has 0 aliphatic carbocycles. The van der Waals surface area contributed by atoms with Gasteiger partial charge in [-0.3, -0.25) is 4.79 Å². The van der Waals surface area contributed by atoms with Crippen molar-refractivity contribution >= 4 is 11.8 Å². The number of benzene rings is 2. The summed E-state index contributed by atoms with van der Waals surface area (Å²) in [6.45, 7) is 0. The zero-order valence-corrected chi connectivity index (χ0v) is 12.9. The molecule has 0 amide bonds. The third kappa shape index (κ3) is 2.65. The van der Waals surface area contributed by atoms with E-state index in [9.17, 15) is 9.59 Å². The number of carbonyl (C=O) groups excluding carboxylic acids is 2. The largest absolute Gasteiger partial charge is 0.493 e. The number of ether oxygens (including phenoxy) is 3. The maximum Gasteiger partial charge on any atom is 0.343 e. The summed E-state index contributed by atoms with van der Waals surface area (Å²) in [6.07, 6.45) is -0.511. The monoisotopic (exact) mass is 312 g/mol. The van der Waals surface area contributed by atoms with Crippen LogP contribution in [0.2, 0.25) is 0 Å². The molecule has 1 atom stereocenters. The van der Waals surface area contributed by atoms with Gasteiger partial charge in [0.2, 0.25) is 0 Å². The van der Waals surface area contributed by atoms with Crippen LogP contribution in [0.5, 0.6) is 11.5 Å². The molecule has 118 valence electrons. The highest BCUT2D eigenvalue weighted by Gasteiger charge is 2.36. The minimum atomic E-state index is -0.606. The Hall–Kier alpha value is -2.82. The van der Waals surface area contributed by atoms with Gasteiger partial charge in [-0.05, 0) is 6.07 Å². The van der Waals surface area contributed by atoms with Crippen molar-refractivity contribution in [1.29, 1.82) is 0 Å². The Labute approximate surface area is 133 Å². The summed E-state index contributed by atoms with van der Waals surface area (Å²) in [4.78, 5) is 24.5. The van der Waals surface area contributed by atoms with Gasteiger partial charge in [-0.1, -0.05) is 36.4 Å². The Morgan fingerprint density at radius 1 is 1.09 bits per heavy atom. The van der Waals surface area contributed by atoms with Crippen molar-refractivity contribution in [3.8, 4) is 11.5 Å². The fourth-order valence-corrected chi connectivity index (χ4v) is 2.73. The molecule has 0 aromatic heterocycles. The van der Waals surface area contributed by atoms with Gasteiger partial charge in [-0.25, -0.2) is 4.79 Å². The Morgan fingerprint density at radius 2 is 1.83 bits per heavy atom. The molecule has 0 fully saturated rings. The number of ketones is 1. The zero-order chi connectivity index (χ0) is 16.4. The number of methoxy groups -OCH3 is 2. The quantitative estimate of drug-likeness (QED) is 0.627. The van der Waals surface area contributed by atoms with Gasteiger partial charge >= 0.3 is 5.97 Å². The average molecular weight is 312 g/mol. The van der Waals surface area contributed by atoms with Crippen LogP contribution in [0.3, 0.4) is 0 Å². The maximum absolute atomic E-state index is 12.3. The molecule has 0 saturated carbocycles. The summed E-state index contributed by atoms with van der Waals surface area (Å²) in [5.41, 5.74) is 1.58. The van der Waals surface area contributed by atoms with Crippen LogP contribution in [0.4, 0.5) is 0 Å². The van der Waals surface area contributed by atoms with Crippen LogP contribution >= 0.6 is 0 Å². The van der Waals surface area contributed by atoms with Crippen molar-refractivity contribution in [2.75, 3.05) is 14.2 Å². The molecule has 1 heterocycles. The van der Waals surface area contributed by atoms with Crippen molar-refractivity contribution in [2.45, 2.75) is 12.5 Å². The highest BCUT2D eigenvalue weighted by molar-refractivity contribution is 6.00. The van der Waals surface area contributed by atoms with E-state index >= 15 is 0 Å². The predicted molar refractivity (Wildman–Crippen MR) is 83.1 cm³/mol. The van der Waals surface area contributed by atoms with E-state index in [1.165, 1.54) is 14.2 Å². The van der Waals surface area contributed by atoms with Crippen LogP contribution in [0.1, 0.15) is 38.8 Å². The molecule has 2 aromatic carbocycles. The predicted octanol–water partition coefficient (Wildman–Crippen LogP) is 3.19. The highest BCUT2D eigenvalue weighted by Crippen LogP contribution is 2.43. The van der Waals surface area contributed by atoms with Gasteiger partial charge in [0, 0.05) is 11.1 Å². The van der Waals surface area contributed by atoms with Crippen LogP contribution in [0.25, 0.3) is 0 Å². The topological polar surface area (TPSA) is 61.8 Å². The third-order valence-corrected chi connectivity index (χ3v) is 3.84. The minimum absolute atomic E-state index is 0.0777. The lowest BCUT2D eigenvalue weighted by Crippen LogP contribution is -2.07. The van der Waals surface area contributed by atoms with Gasteiger partial charge in [-0.2, -0.15) is 0 Å². The maximum atomic E-state index is 12.3. The fourth-order valence-electron chi connectivity index (χ4n) is 2.73. The SMILES string of the molecule is COc1ccc2c(c1OC)C(=O)OC2CC(=O)c1ccccc1.